The fourth-order valence-electron chi connectivity index (χ4n) is 1.33. The van der Waals surface area contributed by atoms with E-state index in [0.29, 0.717) is 0 Å². The van der Waals surface area contributed by atoms with Crippen molar-refractivity contribution in [3.05, 3.63) is 21.5 Å². The molecule has 0 aromatic carbocycles. The maximum absolute atomic E-state index is 12.2. The summed E-state index contributed by atoms with van der Waals surface area (Å²) < 4.78 is 36.5. The number of aliphatic imine (C=N–C) groups is 1. The predicted octanol–water partition coefficient (Wildman–Crippen LogP) is 2.75. The molecule has 0 fully saturated rings. The fourth-order valence-corrected chi connectivity index (χ4v) is 1.33. The van der Waals surface area contributed by atoms with Crippen molar-refractivity contribution in [3.63, 3.8) is 0 Å². The zero-order chi connectivity index (χ0) is 15.4. The molecule has 0 bridgehead atoms. The molecular weight excluding hydrogens is 263 g/mol. The van der Waals surface area contributed by atoms with Crippen molar-refractivity contribution >= 4 is 5.71 Å². The van der Waals surface area contributed by atoms with Gasteiger partial charge in [-0.1, -0.05) is 27.7 Å². The van der Waals surface area contributed by atoms with Gasteiger partial charge in [0.25, 0.3) is 0 Å². The minimum atomic E-state index is -4.51. The second-order valence-corrected chi connectivity index (χ2v) is 4.69. The molecule has 0 heterocycles. The van der Waals surface area contributed by atoms with Gasteiger partial charge in [0.15, 0.2) is 0 Å². The number of nitrogens with zero attached hydrogens (tertiary/aromatic N) is 2. The third-order valence-electron chi connectivity index (χ3n) is 2.30. The lowest BCUT2D eigenvalue weighted by molar-refractivity contribution is -0.417. The van der Waals surface area contributed by atoms with Crippen LogP contribution in [0.25, 0.3) is 0 Å². The summed E-state index contributed by atoms with van der Waals surface area (Å²) in [6, 6.07) is 0. The Hall–Kier alpha value is -1.60. The molecule has 0 saturated carbocycles. The first kappa shape index (κ1) is 17.4. The van der Waals surface area contributed by atoms with E-state index in [4.69, 9.17) is 5.73 Å². The summed E-state index contributed by atoms with van der Waals surface area (Å²) in [6.45, 7) is 4.86. The second kappa shape index (κ2) is 6.53. The van der Waals surface area contributed by atoms with Crippen LogP contribution in [0.3, 0.4) is 0 Å². The molecule has 0 rings (SSSR count). The molecule has 0 aliphatic rings. The van der Waals surface area contributed by atoms with Crippen molar-refractivity contribution in [3.8, 4) is 0 Å². The fraction of sp³-hybridized carbons (Fsp3) is 0.727. The lowest BCUT2D eigenvalue weighted by atomic mass is 9.99. The van der Waals surface area contributed by atoms with Gasteiger partial charge in [0.1, 0.15) is 12.3 Å². The van der Waals surface area contributed by atoms with E-state index in [2.05, 4.69) is 4.99 Å². The van der Waals surface area contributed by atoms with E-state index in [1.54, 1.807) is 13.8 Å². The number of rotatable bonds is 5. The van der Waals surface area contributed by atoms with Crippen molar-refractivity contribution in [1.82, 2.24) is 0 Å². The molecule has 0 radical (unpaired) electrons. The zero-order valence-electron chi connectivity index (χ0n) is 11.3. The van der Waals surface area contributed by atoms with E-state index < -0.39 is 29.3 Å². The molecule has 0 saturated heterocycles. The van der Waals surface area contributed by atoms with Gasteiger partial charge in [-0.2, -0.15) is 13.2 Å². The number of nitro groups is 1. The maximum Gasteiger partial charge on any atom is 0.407 e. The monoisotopic (exact) mass is 281 g/mol. The van der Waals surface area contributed by atoms with Gasteiger partial charge in [-0.05, 0) is 5.92 Å². The third kappa shape index (κ3) is 5.71. The van der Waals surface area contributed by atoms with Gasteiger partial charge in [0.05, 0.1) is 10.6 Å². The first-order valence-electron chi connectivity index (χ1n) is 5.72. The zero-order valence-corrected chi connectivity index (χ0v) is 11.3. The van der Waals surface area contributed by atoms with Crippen molar-refractivity contribution in [2.75, 3.05) is 6.54 Å². The molecule has 0 spiro atoms. The van der Waals surface area contributed by atoms with Crippen LogP contribution in [-0.2, 0) is 0 Å². The average Bonchev–Trinajstić information content (AvgIpc) is 2.20. The van der Waals surface area contributed by atoms with Crippen LogP contribution >= 0.6 is 0 Å². The lowest BCUT2D eigenvalue weighted by Crippen LogP contribution is -2.26. The van der Waals surface area contributed by atoms with E-state index in [0.717, 1.165) is 0 Å². The van der Waals surface area contributed by atoms with Crippen molar-refractivity contribution in [1.29, 1.82) is 0 Å². The van der Waals surface area contributed by atoms with Crippen molar-refractivity contribution in [2.45, 2.75) is 33.9 Å². The Kier molecular flexibility index (Phi) is 5.98. The molecule has 8 heteroatoms. The molecule has 0 amide bonds. The van der Waals surface area contributed by atoms with E-state index in [1.165, 1.54) is 13.8 Å². The van der Waals surface area contributed by atoms with Gasteiger partial charge in [-0.25, -0.2) is 0 Å². The van der Waals surface area contributed by atoms with Crippen LogP contribution in [0.5, 0.6) is 0 Å². The second-order valence-electron chi connectivity index (χ2n) is 4.69. The topological polar surface area (TPSA) is 81.5 Å². The molecule has 19 heavy (non-hydrogen) atoms. The molecule has 2 N–H and O–H groups in total. The first-order valence-corrected chi connectivity index (χ1v) is 5.72. The van der Waals surface area contributed by atoms with Crippen LogP contribution in [0, 0.1) is 22.0 Å². The molecule has 110 valence electrons. The van der Waals surface area contributed by atoms with E-state index >= 15 is 0 Å². The number of nitrogens with two attached hydrogens (primary N) is 1. The van der Waals surface area contributed by atoms with Crippen molar-refractivity contribution < 1.29 is 18.1 Å². The Morgan fingerprint density at radius 1 is 1.26 bits per heavy atom. The third-order valence-corrected chi connectivity index (χ3v) is 2.30. The number of hydrogen-bond donors (Lipinski definition) is 1. The standard InChI is InChI=1S/C11H18F3N3O2/c1-6(2)8(15)10(17(18)19)9(7(3)4)16-5-11(12,13)14/h6-7H,5,15H2,1-4H3. The normalized spacial score (nSPS) is 14.9. The largest absolute Gasteiger partial charge is 0.407 e. The van der Waals surface area contributed by atoms with Crippen LogP contribution < -0.4 is 5.73 Å². The number of allylic oxidation sites excluding steroid dienone is 2. The van der Waals surface area contributed by atoms with Crippen LogP contribution in [0.15, 0.2) is 16.4 Å². The lowest BCUT2D eigenvalue weighted by Gasteiger charge is -2.13. The van der Waals surface area contributed by atoms with Gasteiger partial charge in [-0.15, -0.1) is 0 Å². The van der Waals surface area contributed by atoms with Crippen LogP contribution in [0.2, 0.25) is 0 Å². The van der Waals surface area contributed by atoms with Gasteiger partial charge in [0, 0.05) is 5.92 Å². The quantitative estimate of drug-likeness (QED) is 0.478. The van der Waals surface area contributed by atoms with Gasteiger partial charge in [0.2, 0.25) is 0 Å². The number of halogens is 3. The van der Waals surface area contributed by atoms with Gasteiger partial charge < -0.3 is 5.73 Å². The summed E-state index contributed by atoms with van der Waals surface area (Å²) >= 11 is 0. The van der Waals surface area contributed by atoms with Gasteiger partial charge >= 0.3 is 11.9 Å². The minimum absolute atomic E-state index is 0.0698. The summed E-state index contributed by atoms with van der Waals surface area (Å²) in [5.74, 6) is -0.879. The minimum Gasteiger partial charge on any atom is -0.396 e. The Labute approximate surface area is 109 Å². The highest BCUT2D eigenvalue weighted by atomic mass is 19.4. The van der Waals surface area contributed by atoms with Gasteiger partial charge in [-0.3, -0.25) is 15.1 Å². The Bertz CT molecular complexity index is 398. The van der Waals surface area contributed by atoms with Crippen LogP contribution in [0.4, 0.5) is 13.2 Å². The Balaban J connectivity index is 5.71. The molecule has 0 atom stereocenters. The molecular formula is C11H18F3N3O2. The average molecular weight is 281 g/mol. The SMILES string of the molecule is CC(C)C(=NCC(F)(F)F)C(=C(N)C(C)C)[N+](=O)[O-]. The van der Waals surface area contributed by atoms with Crippen LogP contribution in [0.1, 0.15) is 27.7 Å². The summed E-state index contributed by atoms with van der Waals surface area (Å²) in [5.41, 5.74) is 4.80. The van der Waals surface area contributed by atoms with Crippen LogP contribution in [-0.4, -0.2) is 23.4 Å². The van der Waals surface area contributed by atoms with E-state index in [1.807, 2.05) is 0 Å². The predicted molar refractivity (Wildman–Crippen MR) is 66.2 cm³/mol. The number of alkyl halides is 3. The summed E-state index contributed by atoms with van der Waals surface area (Å²) in [7, 11) is 0. The molecule has 0 aromatic rings. The molecule has 0 aliphatic carbocycles. The Morgan fingerprint density at radius 3 is 2.00 bits per heavy atom. The molecule has 0 aliphatic heterocycles. The highest BCUT2D eigenvalue weighted by Crippen LogP contribution is 2.20. The van der Waals surface area contributed by atoms with Crippen molar-refractivity contribution in [2.24, 2.45) is 22.6 Å². The highest BCUT2D eigenvalue weighted by molar-refractivity contribution is 6.00. The first-order chi connectivity index (χ1) is 8.47. The smallest absolute Gasteiger partial charge is 0.396 e. The summed E-state index contributed by atoms with van der Waals surface area (Å²) in [5, 5.41) is 11.0. The molecule has 0 aromatic heterocycles. The summed E-state index contributed by atoms with van der Waals surface area (Å²) in [6.07, 6.45) is -4.51. The van der Waals surface area contributed by atoms with E-state index in [9.17, 15) is 23.3 Å². The van der Waals surface area contributed by atoms with E-state index in [-0.39, 0.29) is 17.3 Å². The maximum atomic E-state index is 12.2. The Morgan fingerprint density at radius 2 is 1.74 bits per heavy atom. The molecule has 5 nitrogen and oxygen atoms in total. The molecule has 0 unspecified atom stereocenters. The summed E-state index contributed by atoms with van der Waals surface area (Å²) in [4.78, 5) is 13.6. The number of hydrogen-bond acceptors (Lipinski definition) is 4. The highest BCUT2D eigenvalue weighted by Gasteiger charge is 2.31.